The van der Waals surface area contributed by atoms with Crippen LogP contribution in [0.1, 0.15) is 6.92 Å². The van der Waals surface area contributed by atoms with Crippen LogP contribution in [-0.4, -0.2) is 5.91 Å². The van der Waals surface area contributed by atoms with E-state index in [1.165, 1.54) is 6.92 Å². The van der Waals surface area contributed by atoms with Crippen molar-refractivity contribution >= 4 is 5.91 Å². The van der Waals surface area contributed by atoms with Crippen LogP contribution in [0.5, 0.6) is 0 Å². The molecule has 0 unspecified atom stereocenters. The van der Waals surface area contributed by atoms with Crippen LogP contribution < -0.4 is 51.4 Å². The molecular weight excluding hydrogens is 107 g/mol. The van der Waals surface area contributed by atoms with Crippen molar-refractivity contribution in [2.24, 2.45) is 0 Å². The summed E-state index contributed by atoms with van der Waals surface area (Å²) in [7, 11) is 0. The molecule has 32 valence electrons. The van der Waals surface area contributed by atoms with E-state index < -0.39 is 5.91 Å². The van der Waals surface area contributed by atoms with E-state index in [0.717, 1.165) is 0 Å². The predicted molar refractivity (Wildman–Crippen MR) is 20.3 cm³/mol. The molecule has 0 atom stereocenters. The first-order chi connectivity index (χ1) is 1.73. The zero-order valence-electron chi connectivity index (χ0n) is 3.99. The van der Waals surface area contributed by atoms with E-state index in [0.29, 0.717) is 0 Å². The van der Waals surface area contributed by atoms with E-state index >= 15 is 0 Å². The van der Waals surface area contributed by atoms with Crippen molar-refractivity contribution in [3.8, 4) is 0 Å². The molecule has 0 saturated carbocycles. The summed E-state index contributed by atoms with van der Waals surface area (Å²) < 4.78 is 0. The minimum atomic E-state index is -0.583. The van der Waals surface area contributed by atoms with Gasteiger partial charge in [-0.1, -0.05) is 0 Å². The Bertz CT molecular complexity index is 34.5. The molecule has 0 aromatic heterocycles. The quantitative estimate of drug-likeness (QED) is 0.345. The van der Waals surface area contributed by atoms with Crippen LogP contribution in [0.4, 0.5) is 0 Å². The van der Waals surface area contributed by atoms with Gasteiger partial charge in [-0.25, -0.2) is 0 Å². The molecule has 0 radical (unpaired) electrons. The van der Waals surface area contributed by atoms with E-state index in [1.54, 1.807) is 0 Å². The van der Waals surface area contributed by atoms with Gasteiger partial charge in [-0.2, -0.15) is 0 Å². The maximum atomic E-state index is 9.11. The van der Waals surface area contributed by atoms with Gasteiger partial charge in [-0.05, 0) is 6.92 Å². The SMILES string of the molecule is CC([NH-])=O.[K+].[NH2-]. The molecule has 0 aliphatic rings. The summed E-state index contributed by atoms with van der Waals surface area (Å²) in [5, 5.41) is 0. The summed E-state index contributed by atoms with van der Waals surface area (Å²) in [4.78, 5) is 9.11. The molecule has 0 aliphatic carbocycles. The van der Waals surface area contributed by atoms with Gasteiger partial charge in [0.2, 0.25) is 0 Å². The number of hydrogen-bond acceptors (Lipinski definition) is 1. The Kier molecular flexibility index (Phi) is 24.7. The zero-order chi connectivity index (χ0) is 3.58. The molecule has 6 heavy (non-hydrogen) atoms. The van der Waals surface area contributed by atoms with Gasteiger partial charge in [0.1, 0.15) is 0 Å². The van der Waals surface area contributed by atoms with Crippen molar-refractivity contribution in [1.82, 2.24) is 0 Å². The van der Waals surface area contributed by atoms with E-state index in [4.69, 9.17) is 10.5 Å². The molecule has 0 heterocycles. The van der Waals surface area contributed by atoms with E-state index in [1.807, 2.05) is 0 Å². The molecule has 0 fully saturated rings. The molecular formula is C2H6KN2O-. The van der Waals surface area contributed by atoms with E-state index in [-0.39, 0.29) is 57.5 Å². The van der Waals surface area contributed by atoms with Crippen molar-refractivity contribution in [2.45, 2.75) is 6.92 Å². The molecule has 0 rings (SSSR count). The molecule has 4 heteroatoms. The second-order valence-electron chi connectivity index (χ2n) is 0.556. The van der Waals surface area contributed by atoms with Crippen LogP contribution in [0.25, 0.3) is 11.9 Å². The molecule has 0 aromatic rings. The maximum absolute atomic E-state index is 9.11. The minimum absolute atomic E-state index is 0. The van der Waals surface area contributed by atoms with Gasteiger partial charge in [0.25, 0.3) is 0 Å². The van der Waals surface area contributed by atoms with Crippen molar-refractivity contribution in [3.05, 3.63) is 11.9 Å². The number of hydrogen-bond donors (Lipinski definition) is 0. The van der Waals surface area contributed by atoms with Gasteiger partial charge in [-0.3, -0.25) is 0 Å². The number of carbonyl (C=O) groups excluding carboxylic acids is 1. The fourth-order valence-electron chi connectivity index (χ4n) is 0. The molecule has 3 N–H and O–H groups in total. The summed E-state index contributed by atoms with van der Waals surface area (Å²) in [6.07, 6.45) is 0. The smallest absolute Gasteiger partial charge is 0.693 e. The van der Waals surface area contributed by atoms with Crippen molar-refractivity contribution in [2.75, 3.05) is 0 Å². The fraction of sp³-hybridized carbons (Fsp3) is 0.500. The number of nitrogens with two attached hydrogens (primary N) is 1. The molecule has 1 amide bonds. The fourth-order valence-corrected chi connectivity index (χ4v) is 0. The molecule has 0 aromatic carbocycles. The number of rotatable bonds is 0. The largest absolute Gasteiger partial charge is 1.00 e. The third-order valence-corrected chi connectivity index (χ3v) is 0. The molecule has 3 nitrogen and oxygen atoms in total. The number of carbonyl (C=O) groups is 1. The van der Waals surface area contributed by atoms with Gasteiger partial charge in [-0.15, -0.1) is 0 Å². The minimum Gasteiger partial charge on any atom is -0.693 e. The number of nitrogens with one attached hydrogen (secondary N) is 1. The monoisotopic (exact) mass is 113 g/mol. The summed E-state index contributed by atoms with van der Waals surface area (Å²) >= 11 is 0. The van der Waals surface area contributed by atoms with E-state index in [2.05, 4.69) is 0 Å². The zero-order valence-corrected chi connectivity index (χ0v) is 7.11. The van der Waals surface area contributed by atoms with Crippen LogP contribution in [-0.2, 0) is 4.79 Å². The predicted octanol–water partition coefficient (Wildman–Crippen LogP) is -1.69. The van der Waals surface area contributed by atoms with Crippen molar-refractivity contribution in [1.29, 1.82) is 0 Å². The summed E-state index contributed by atoms with van der Waals surface area (Å²) in [6.45, 7) is 1.19. The van der Waals surface area contributed by atoms with Crippen LogP contribution in [0, 0.1) is 0 Å². The average Bonchev–Trinajstić information content (AvgIpc) is 0.811. The second kappa shape index (κ2) is 9.42. The van der Waals surface area contributed by atoms with Gasteiger partial charge in [0.15, 0.2) is 0 Å². The van der Waals surface area contributed by atoms with Gasteiger partial charge in [0.05, 0.1) is 0 Å². The summed E-state index contributed by atoms with van der Waals surface area (Å²) in [5.41, 5.74) is 5.94. The third kappa shape index (κ3) is 73.7. The van der Waals surface area contributed by atoms with Crippen LogP contribution in [0.2, 0.25) is 0 Å². The van der Waals surface area contributed by atoms with Gasteiger partial charge in [0, 0.05) is 5.91 Å². The Hall–Kier alpha value is 1.07. The third-order valence-electron chi connectivity index (χ3n) is 0. The van der Waals surface area contributed by atoms with Crippen molar-refractivity contribution < 1.29 is 56.2 Å². The Morgan fingerprint density at radius 1 is 1.67 bits per heavy atom. The first-order valence-electron chi connectivity index (χ1n) is 0.954. The topological polar surface area (TPSA) is 74.4 Å². The standard InChI is InChI=1S/C2H5NO.K.H2N/c1-2(3)4;;/h1H3,(H2,3,4);;1H2/q;+1;-1/p-1. The normalized spacial score (nSPS) is 4.17. The number of amides is 1. The molecule has 0 saturated heterocycles. The molecule has 0 aliphatic heterocycles. The first-order valence-corrected chi connectivity index (χ1v) is 0.954. The van der Waals surface area contributed by atoms with Crippen LogP contribution >= 0.6 is 0 Å². The summed E-state index contributed by atoms with van der Waals surface area (Å²) in [5.74, 6) is -0.583. The molecule has 0 spiro atoms. The van der Waals surface area contributed by atoms with Gasteiger partial charge < -0.3 is 16.7 Å². The van der Waals surface area contributed by atoms with Gasteiger partial charge >= 0.3 is 51.4 Å². The van der Waals surface area contributed by atoms with Crippen molar-refractivity contribution in [3.63, 3.8) is 0 Å². The maximum Gasteiger partial charge on any atom is 1.00 e. The Morgan fingerprint density at radius 2 is 1.67 bits per heavy atom. The Balaban J connectivity index is -0.0000000450. The Morgan fingerprint density at radius 3 is 1.67 bits per heavy atom. The first kappa shape index (κ1) is 15.7. The Labute approximate surface area is 79.7 Å². The van der Waals surface area contributed by atoms with E-state index in [9.17, 15) is 0 Å². The second-order valence-corrected chi connectivity index (χ2v) is 0.556. The van der Waals surface area contributed by atoms with Crippen LogP contribution in [0.15, 0.2) is 0 Å². The molecule has 0 bridgehead atoms. The summed E-state index contributed by atoms with van der Waals surface area (Å²) in [6, 6.07) is 0. The average molecular weight is 113 g/mol. The van der Waals surface area contributed by atoms with Crippen LogP contribution in [0.3, 0.4) is 0 Å².